The maximum Gasteiger partial charge on any atom is 0.226 e. The second-order valence-electron chi connectivity index (χ2n) is 3.10. The van der Waals surface area contributed by atoms with Gasteiger partial charge in [-0.3, -0.25) is 4.79 Å². The minimum atomic E-state index is -0.298. The topological polar surface area (TPSA) is 17.1 Å². The molecule has 70 valence electrons. The first kappa shape index (κ1) is 10.3. The number of benzene rings is 1. The zero-order valence-corrected chi connectivity index (χ0v) is 8.47. The Morgan fingerprint density at radius 1 is 1.38 bits per heavy atom. The molecule has 0 atom stereocenters. The summed E-state index contributed by atoms with van der Waals surface area (Å²) in [6.07, 6.45) is 2.52. The number of carbonyl (C=O) groups is 1. The molecule has 0 radical (unpaired) electrons. The maximum absolute atomic E-state index is 10.6. The van der Waals surface area contributed by atoms with Gasteiger partial charge in [-0.05, 0) is 29.1 Å². The van der Waals surface area contributed by atoms with E-state index in [2.05, 4.69) is 13.0 Å². The highest BCUT2D eigenvalue weighted by Crippen LogP contribution is 2.09. The van der Waals surface area contributed by atoms with Crippen LogP contribution in [0.4, 0.5) is 0 Å². The van der Waals surface area contributed by atoms with E-state index in [4.69, 9.17) is 11.6 Å². The first-order valence-corrected chi connectivity index (χ1v) is 4.86. The molecule has 0 saturated carbocycles. The summed E-state index contributed by atoms with van der Waals surface area (Å²) in [6, 6.07) is 8.02. The minimum Gasteiger partial charge on any atom is -0.281 e. The van der Waals surface area contributed by atoms with Gasteiger partial charge in [-0.15, -0.1) is 0 Å². The van der Waals surface area contributed by atoms with Crippen LogP contribution in [-0.2, 0) is 17.6 Å². The molecule has 1 nitrogen and oxygen atoms in total. The summed E-state index contributed by atoms with van der Waals surface area (Å²) >= 11 is 5.30. The largest absolute Gasteiger partial charge is 0.281 e. The lowest BCUT2D eigenvalue weighted by Gasteiger charge is -2.01. The molecule has 1 aromatic rings. The zero-order chi connectivity index (χ0) is 9.68. The Morgan fingerprint density at radius 2 is 2.08 bits per heavy atom. The molecule has 0 N–H and O–H groups in total. The third kappa shape index (κ3) is 3.60. The third-order valence-electron chi connectivity index (χ3n) is 1.87. The smallest absolute Gasteiger partial charge is 0.226 e. The number of hydrogen-bond donors (Lipinski definition) is 0. The van der Waals surface area contributed by atoms with E-state index in [9.17, 15) is 4.79 Å². The molecular weight excluding hydrogens is 184 g/mol. The van der Waals surface area contributed by atoms with E-state index in [1.54, 1.807) is 0 Å². The summed E-state index contributed by atoms with van der Waals surface area (Å²) in [5.41, 5.74) is 2.28. The van der Waals surface area contributed by atoms with Crippen molar-refractivity contribution in [3.05, 3.63) is 35.4 Å². The summed E-state index contributed by atoms with van der Waals surface area (Å²) < 4.78 is 0. The third-order valence-corrected chi connectivity index (χ3v) is 2.01. The molecule has 0 aliphatic carbocycles. The zero-order valence-electron chi connectivity index (χ0n) is 7.72. The van der Waals surface area contributed by atoms with Crippen molar-refractivity contribution >= 4 is 16.8 Å². The van der Waals surface area contributed by atoms with Gasteiger partial charge in [-0.25, -0.2) is 0 Å². The van der Waals surface area contributed by atoms with Gasteiger partial charge in [0.05, 0.1) is 0 Å². The van der Waals surface area contributed by atoms with E-state index in [1.807, 2.05) is 18.2 Å². The van der Waals surface area contributed by atoms with Crippen LogP contribution in [0.3, 0.4) is 0 Å². The Labute approximate surface area is 83.7 Å². The second kappa shape index (κ2) is 5.03. The molecule has 1 rings (SSSR count). The summed E-state index contributed by atoms with van der Waals surface area (Å²) in [5, 5.41) is -0.298. The quantitative estimate of drug-likeness (QED) is 0.677. The van der Waals surface area contributed by atoms with Crippen LogP contribution >= 0.6 is 11.6 Å². The van der Waals surface area contributed by atoms with E-state index in [0.29, 0.717) is 6.42 Å². The van der Waals surface area contributed by atoms with E-state index in [1.165, 1.54) is 5.56 Å². The minimum absolute atomic E-state index is 0.298. The van der Waals surface area contributed by atoms with E-state index in [-0.39, 0.29) is 5.24 Å². The maximum atomic E-state index is 10.6. The highest BCUT2D eigenvalue weighted by Gasteiger charge is 1.99. The Bertz CT molecular complexity index is 294. The summed E-state index contributed by atoms with van der Waals surface area (Å²) in [6.45, 7) is 2.14. The van der Waals surface area contributed by atoms with E-state index >= 15 is 0 Å². The molecule has 0 saturated heterocycles. The first-order valence-electron chi connectivity index (χ1n) is 4.48. The Morgan fingerprint density at radius 3 is 2.69 bits per heavy atom. The SMILES string of the molecule is CCCc1cccc(CC(=O)Cl)c1. The van der Waals surface area contributed by atoms with Crippen molar-refractivity contribution in [2.75, 3.05) is 0 Å². The van der Waals surface area contributed by atoms with Crippen molar-refractivity contribution in [1.29, 1.82) is 0 Å². The van der Waals surface area contributed by atoms with Crippen molar-refractivity contribution in [3.63, 3.8) is 0 Å². The average Bonchev–Trinajstić information content (AvgIpc) is 2.04. The van der Waals surface area contributed by atoms with Gasteiger partial charge in [-0.2, -0.15) is 0 Å². The van der Waals surface area contributed by atoms with Crippen molar-refractivity contribution in [1.82, 2.24) is 0 Å². The molecule has 0 bridgehead atoms. The number of halogens is 1. The van der Waals surface area contributed by atoms with Gasteiger partial charge in [-0.1, -0.05) is 37.6 Å². The predicted molar refractivity (Wildman–Crippen MR) is 55.0 cm³/mol. The summed E-state index contributed by atoms with van der Waals surface area (Å²) in [7, 11) is 0. The molecule has 0 aliphatic rings. The van der Waals surface area contributed by atoms with Crippen molar-refractivity contribution in [3.8, 4) is 0 Å². The number of rotatable bonds is 4. The molecule has 1 aromatic carbocycles. The molecular formula is C11H13ClO. The number of aryl methyl sites for hydroxylation is 1. The van der Waals surface area contributed by atoms with Crippen LogP contribution in [0.15, 0.2) is 24.3 Å². The Kier molecular flexibility index (Phi) is 3.97. The van der Waals surface area contributed by atoms with E-state index < -0.39 is 0 Å². The van der Waals surface area contributed by atoms with Gasteiger partial charge in [0, 0.05) is 6.42 Å². The molecule has 0 aromatic heterocycles. The van der Waals surface area contributed by atoms with E-state index in [0.717, 1.165) is 18.4 Å². The highest BCUT2D eigenvalue weighted by molar-refractivity contribution is 6.63. The van der Waals surface area contributed by atoms with Crippen molar-refractivity contribution in [2.24, 2.45) is 0 Å². The van der Waals surface area contributed by atoms with Gasteiger partial charge in [0.15, 0.2) is 0 Å². The molecule has 0 spiro atoms. The van der Waals surface area contributed by atoms with Gasteiger partial charge in [0.2, 0.25) is 5.24 Å². The van der Waals surface area contributed by atoms with Gasteiger partial charge in [0.25, 0.3) is 0 Å². The lowest BCUT2D eigenvalue weighted by atomic mass is 10.1. The highest BCUT2D eigenvalue weighted by atomic mass is 35.5. The van der Waals surface area contributed by atoms with Gasteiger partial charge in [0.1, 0.15) is 0 Å². The van der Waals surface area contributed by atoms with Crippen LogP contribution in [0.5, 0.6) is 0 Å². The monoisotopic (exact) mass is 196 g/mol. The fourth-order valence-electron chi connectivity index (χ4n) is 1.34. The molecule has 0 amide bonds. The van der Waals surface area contributed by atoms with Crippen LogP contribution in [0.2, 0.25) is 0 Å². The van der Waals surface area contributed by atoms with Gasteiger partial charge >= 0.3 is 0 Å². The lowest BCUT2D eigenvalue weighted by Crippen LogP contribution is -1.94. The van der Waals surface area contributed by atoms with Crippen molar-refractivity contribution < 1.29 is 4.79 Å². The Balaban J connectivity index is 2.73. The first-order chi connectivity index (χ1) is 6.22. The average molecular weight is 197 g/mol. The molecule has 0 unspecified atom stereocenters. The van der Waals surface area contributed by atoms with Crippen LogP contribution < -0.4 is 0 Å². The summed E-state index contributed by atoms with van der Waals surface area (Å²) in [5.74, 6) is 0. The lowest BCUT2D eigenvalue weighted by molar-refractivity contribution is -0.111. The molecule has 0 fully saturated rings. The molecule has 13 heavy (non-hydrogen) atoms. The standard InChI is InChI=1S/C11H13ClO/c1-2-4-9-5-3-6-10(7-9)8-11(12)13/h3,5-7H,2,4,8H2,1H3. The molecule has 2 heteroatoms. The van der Waals surface area contributed by atoms with Gasteiger partial charge < -0.3 is 0 Å². The predicted octanol–water partition coefficient (Wildman–Crippen LogP) is 2.95. The fraction of sp³-hybridized carbons (Fsp3) is 0.364. The van der Waals surface area contributed by atoms with Crippen LogP contribution in [0, 0.1) is 0 Å². The number of carbonyl (C=O) groups excluding carboxylic acids is 1. The van der Waals surface area contributed by atoms with Crippen LogP contribution in [0.25, 0.3) is 0 Å². The fourth-order valence-corrected chi connectivity index (χ4v) is 1.50. The molecule has 0 heterocycles. The normalized spacial score (nSPS) is 10.0. The van der Waals surface area contributed by atoms with Crippen LogP contribution in [0.1, 0.15) is 24.5 Å². The Hall–Kier alpha value is -0.820. The van der Waals surface area contributed by atoms with Crippen LogP contribution in [-0.4, -0.2) is 5.24 Å². The number of hydrogen-bond acceptors (Lipinski definition) is 1. The second-order valence-corrected chi connectivity index (χ2v) is 3.52. The van der Waals surface area contributed by atoms with Crippen molar-refractivity contribution in [2.45, 2.75) is 26.2 Å². The molecule has 0 aliphatic heterocycles. The summed E-state index contributed by atoms with van der Waals surface area (Å²) in [4.78, 5) is 10.6.